The first kappa shape index (κ1) is 14.8. The van der Waals surface area contributed by atoms with Gasteiger partial charge in [-0.25, -0.2) is 4.98 Å². The number of halogens is 1. The van der Waals surface area contributed by atoms with E-state index >= 15 is 0 Å². The standard InChI is InChI=1S/C16H24BrNO/c1-10(2)14-6-5-11(3)7-15(14)19-16-12(4)8-13(17)9-18-16/h8-11,14-15H,5-7H2,1-4H3. The van der Waals surface area contributed by atoms with Crippen LogP contribution in [0, 0.1) is 24.7 Å². The summed E-state index contributed by atoms with van der Waals surface area (Å²) in [4.78, 5) is 4.42. The zero-order chi connectivity index (χ0) is 14.0. The molecule has 3 atom stereocenters. The van der Waals surface area contributed by atoms with Crippen LogP contribution in [0.1, 0.15) is 45.6 Å². The maximum absolute atomic E-state index is 6.25. The number of nitrogens with zero attached hydrogens (tertiary/aromatic N) is 1. The van der Waals surface area contributed by atoms with Crippen molar-refractivity contribution < 1.29 is 4.74 Å². The zero-order valence-corrected chi connectivity index (χ0v) is 13.9. The van der Waals surface area contributed by atoms with Crippen molar-refractivity contribution in [2.45, 2.75) is 53.1 Å². The molecule has 3 unspecified atom stereocenters. The molecule has 106 valence electrons. The summed E-state index contributed by atoms with van der Waals surface area (Å²) in [6.45, 7) is 9.00. The van der Waals surface area contributed by atoms with E-state index in [1.807, 2.05) is 6.20 Å². The van der Waals surface area contributed by atoms with Crippen LogP contribution < -0.4 is 4.74 Å². The van der Waals surface area contributed by atoms with Crippen molar-refractivity contribution >= 4 is 15.9 Å². The first-order valence-corrected chi connectivity index (χ1v) is 8.05. The Balaban J connectivity index is 2.14. The molecule has 0 radical (unpaired) electrons. The van der Waals surface area contributed by atoms with Gasteiger partial charge in [-0.15, -0.1) is 0 Å². The van der Waals surface area contributed by atoms with E-state index in [1.165, 1.54) is 12.8 Å². The molecule has 0 N–H and O–H groups in total. The van der Waals surface area contributed by atoms with Gasteiger partial charge < -0.3 is 4.74 Å². The monoisotopic (exact) mass is 325 g/mol. The van der Waals surface area contributed by atoms with Crippen molar-refractivity contribution in [1.29, 1.82) is 0 Å². The first-order valence-electron chi connectivity index (χ1n) is 7.26. The fourth-order valence-corrected chi connectivity index (χ4v) is 3.49. The summed E-state index contributed by atoms with van der Waals surface area (Å²) in [5, 5.41) is 0. The van der Waals surface area contributed by atoms with Gasteiger partial charge >= 0.3 is 0 Å². The molecule has 1 heterocycles. The second-order valence-electron chi connectivity index (χ2n) is 6.26. The molecule has 19 heavy (non-hydrogen) atoms. The molecule has 1 aromatic rings. The normalized spacial score (nSPS) is 27.6. The van der Waals surface area contributed by atoms with E-state index in [9.17, 15) is 0 Å². The van der Waals surface area contributed by atoms with Crippen molar-refractivity contribution in [2.24, 2.45) is 17.8 Å². The highest BCUT2D eigenvalue weighted by molar-refractivity contribution is 9.10. The summed E-state index contributed by atoms with van der Waals surface area (Å²) in [6, 6.07) is 2.07. The average Bonchev–Trinajstić information content (AvgIpc) is 2.32. The molecule has 0 aromatic carbocycles. The molecule has 1 saturated carbocycles. The molecule has 2 nitrogen and oxygen atoms in total. The van der Waals surface area contributed by atoms with Crippen molar-refractivity contribution in [1.82, 2.24) is 4.98 Å². The summed E-state index contributed by atoms with van der Waals surface area (Å²) in [5.74, 6) is 2.89. The third-order valence-corrected chi connectivity index (χ3v) is 4.65. The fraction of sp³-hybridized carbons (Fsp3) is 0.688. The topological polar surface area (TPSA) is 22.1 Å². The molecule has 0 spiro atoms. The summed E-state index contributed by atoms with van der Waals surface area (Å²) < 4.78 is 7.26. The predicted octanol–water partition coefficient (Wildman–Crippen LogP) is 4.99. The minimum atomic E-state index is 0.316. The van der Waals surface area contributed by atoms with Gasteiger partial charge in [0.25, 0.3) is 0 Å². The lowest BCUT2D eigenvalue weighted by molar-refractivity contribution is 0.0421. The number of aromatic nitrogens is 1. The molecule has 0 aliphatic heterocycles. The van der Waals surface area contributed by atoms with Gasteiger partial charge in [0.2, 0.25) is 5.88 Å². The van der Waals surface area contributed by atoms with Crippen molar-refractivity contribution in [3.63, 3.8) is 0 Å². The lowest BCUT2D eigenvalue weighted by Crippen LogP contribution is -2.36. The second kappa shape index (κ2) is 6.25. The summed E-state index contributed by atoms with van der Waals surface area (Å²) in [6.07, 6.45) is 5.89. The molecule has 1 aromatic heterocycles. The van der Waals surface area contributed by atoms with Crippen molar-refractivity contribution in [2.75, 3.05) is 0 Å². The molecular formula is C16H24BrNO. The van der Waals surface area contributed by atoms with Crippen LogP contribution in [0.3, 0.4) is 0 Å². The molecule has 0 bridgehead atoms. The van der Waals surface area contributed by atoms with Gasteiger partial charge in [-0.05, 0) is 59.5 Å². The highest BCUT2D eigenvalue weighted by Gasteiger charge is 2.32. The Bertz CT molecular complexity index is 433. The van der Waals surface area contributed by atoms with Gasteiger partial charge in [-0.3, -0.25) is 0 Å². The van der Waals surface area contributed by atoms with E-state index in [-0.39, 0.29) is 0 Å². The van der Waals surface area contributed by atoms with Crippen LogP contribution in [0.4, 0.5) is 0 Å². The number of hydrogen-bond donors (Lipinski definition) is 0. The Hall–Kier alpha value is -0.570. The Kier molecular flexibility index (Phi) is 4.88. The van der Waals surface area contributed by atoms with Gasteiger partial charge in [0, 0.05) is 16.2 Å². The number of rotatable bonds is 3. The van der Waals surface area contributed by atoms with Crippen LogP contribution in [0.2, 0.25) is 0 Å². The summed E-state index contributed by atoms with van der Waals surface area (Å²) in [5.41, 5.74) is 1.11. The van der Waals surface area contributed by atoms with Crippen LogP contribution in [-0.2, 0) is 0 Å². The van der Waals surface area contributed by atoms with Gasteiger partial charge in [-0.2, -0.15) is 0 Å². The first-order chi connectivity index (χ1) is 8.97. The van der Waals surface area contributed by atoms with Crippen LogP contribution in [0.15, 0.2) is 16.7 Å². The van der Waals surface area contributed by atoms with Crippen LogP contribution in [-0.4, -0.2) is 11.1 Å². The molecule has 0 amide bonds. The van der Waals surface area contributed by atoms with E-state index in [0.717, 1.165) is 28.3 Å². The molecule has 1 fully saturated rings. The Morgan fingerprint density at radius 3 is 2.74 bits per heavy atom. The van der Waals surface area contributed by atoms with Gasteiger partial charge in [0.05, 0.1) is 0 Å². The van der Waals surface area contributed by atoms with Gasteiger partial charge in [0.15, 0.2) is 0 Å². The summed E-state index contributed by atoms with van der Waals surface area (Å²) in [7, 11) is 0. The molecular weight excluding hydrogens is 302 g/mol. The van der Waals surface area contributed by atoms with E-state index in [2.05, 4.69) is 54.7 Å². The highest BCUT2D eigenvalue weighted by atomic mass is 79.9. The van der Waals surface area contributed by atoms with Crippen LogP contribution in [0.25, 0.3) is 0 Å². The molecule has 0 saturated heterocycles. The zero-order valence-electron chi connectivity index (χ0n) is 12.3. The maximum atomic E-state index is 6.25. The van der Waals surface area contributed by atoms with Crippen LogP contribution >= 0.6 is 15.9 Å². The third kappa shape index (κ3) is 3.71. The molecule has 2 rings (SSSR count). The summed E-state index contributed by atoms with van der Waals surface area (Å²) >= 11 is 3.45. The largest absolute Gasteiger partial charge is 0.474 e. The van der Waals surface area contributed by atoms with Crippen molar-refractivity contribution in [3.05, 3.63) is 22.3 Å². The van der Waals surface area contributed by atoms with Crippen molar-refractivity contribution in [3.8, 4) is 5.88 Å². The second-order valence-corrected chi connectivity index (χ2v) is 7.17. The van der Waals surface area contributed by atoms with E-state index < -0.39 is 0 Å². The molecule has 1 aliphatic rings. The number of pyridine rings is 1. The van der Waals surface area contributed by atoms with E-state index in [0.29, 0.717) is 17.9 Å². The Morgan fingerprint density at radius 1 is 1.37 bits per heavy atom. The lowest BCUT2D eigenvalue weighted by atomic mass is 9.75. The minimum absolute atomic E-state index is 0.316. The Labute approximate surface area is 125 Å². The lowest BCUT2D eigenvalue weighted by Gasteiger charge is -2.37. The number of aryl methyl sites for hydroxylation is 1. The maximum Gasteiger partial charge on any atom is 0.216 e. The smallest absolute Gasteiger partial charge is 0.216 e. The fourth-order valence-electron chi connectivity index (χ4n) is 3.04. The highest BCUT2D eigenvalue weighted by Crippen LogP contribution is 2.36. The van der Waals surface area contributed by atoms with E-state index in [4.69, 9.17) is 4.74 Å². The van der Waals surface area contributed by atoms with Gasteiger partial charge in [0.1, 0.15) is 6.10 Å². The SMILES string of the molecule is Cc1cc(Br)cnc1OC1CC(C)CCC1C(C)C. The van der Waals surface area contributed by atoms with Crippen LogP contribution in [0.5, 0.6) is 5.88 Å². The Morgan fingerprint density at radius 2 is 2.11 bits per heavy atom. The van der Waals surface area contributed by atoms with Gasteiger partial charge in [-0.1, -0.05) is 27.2 Å². The molecule has 1 aliphatic carbocycles. The third-order valence-electron chi connectivity index (χ3n) is 4.22. The number of ether oxygens (including phenoxy) is 1. The van der Waals surface area contributed by atoms with E-state index in [1.54, 1.807) is 0 Å². The minimum Gasteiger partial charge on any atom is -0.474 e. The quantitative estimate of drug-likeness (QED) is 0.780. The number of hydrogen-bond acceptors (Lipinski definition) is 2. The average molecular weight is 326 g/mol. The predicted molar refractivity (Wildman–Crippen MR) is 82.4 cm³/mol. The molecule has 3 heteroatoms.